The van der Waals surface area contributed by atoms with E-state index in [1.807, 2.05) is 6.92 Å². The van der Waals surface area contributed by atoms with Crippen molar-refractivity contribution in [3.05, 3.63) is 57.3 Å². The molecule has 2 rings (SSSR count). The summed E-state index contributed by atoms with van der Waals surface area (Å²) in [6.07, 6.45) is 0. The van der Waals surface area contributed by atoms with Crippen molar-refractivity contribution in [1.29, 1.82) is 0 Å². The van der Waals surface area contributed by atoms with Crippen molar-refractivity contribution in [2.45, 2.75) is 6.92 Å². The second-order valence-corrected chi connectivity index (χ2v) is 4.51. The molecule has 0 spiro atoms. The molecule has 0 aliphatic rings. The maximum Gasteiger partial charge on any atom is 0.196 e. The summed E-state index contributed by atoms with van der Waals surface area (Å²) in [4.78, 5) is 12.8. The summed E-state index contributed by atoms with van der Waals surface area (Å²) in [5.74, 6) is -1.80. The van der Waals surface area contributed by atoms with Gasteiger partial charge in [0, 0.05) is 15.8 Å². The van der Waals surface area contributed by atoms with Crippen molar-refractivity contribution in [3.8, 4) is 0 Å². The monoisotopic (exact) mass is 238 g/mol. The summed E-state index contributed by atoms with van der Waals surface area (Å²) >= 11 is 1.40. The molecule has 82 valence electrons. The van der Waals surface area contributed by atoms with Crippen LogP contribution in [0.2, 0.25) is 0 Å². The minimum Gasteiger partial charge on any atom is -0.288 e. The van der Waals surface area contributed by atoms with Crippen molar-refractivity contribution in [2.75, 3.05) is 0 Å². The van der Waals surface area contributed by atoms with Crippen molar-refractivity contribution < 1.29 is 13.6 Å². The van der Waals surface area contributed by atoms with Gasteiger partial charge in [-0.05, 0) is 31.2 Å². The third-order valence-corrected chi connectivity index (χ3v) is 3.03. The lowest BCUT2D eigenvalue weighted by Crippen LogP contribution is -2.03. The molecular formula is C12H8F2OS. The van der Waals surface area contributed by atoms with Gasteiger partial charge in [-0.3, -0.25) is 4.79 Å². The van der Waals surface area contributed by atoms with Gasteiger partial charge in [0.1, 0.15) is 11.6 Å². The maximum absolute atomic E-state index is 13.3. The number of carbonyl (C=O) groups excluding carboxylic acids is 1. The average Bonchev–Trinajstić information content (AvgIpc) is 2.67. The first-order chi connectivity index (χ1) is 7.58. The van der Waals surface area contributed by atoms with E-state index >= 15 is 0 Å². The van der Waals surface area contributed by atoms with E-state index in [2.05, 4.69) is 0 Å². The molecule has 1 aromatic carbocycles. The fraction of sp³-hybridized carbons (Fsp3) is 0.0833. The smallest absolute Gasteiger partial charge is 0.196 e. The summed E-state index contributed by atoms with van der Waals surface area (Å²) in [7, 11) is 0. The summed E-state index contributed by atoms with van der Waals surface area (Å²) in [6.45, 7) is 1.85. The van der Waals surface area contributed by atoms with Gasteiger partial charge in [0.15, 0.2) is 5.78 Å². The fourth-order valence-electron chi connectivity index (χ4n) is 1.39. The topological polar surface area (TPSA) is 17.1 Å². The van der Waals surface area contributed by atoms with Crippen LogP contribution in [-0.2, 0) is 0 Å². The van der Waals surface area contributed by atoms with Crippen LogP contribution < -0.4 is 0 Å². The minimum atomic E-state index is -0.699. The lowest BCUT2D eigenvalue weighted by atomic mass is 10.1. The highest BCUT2D eigenvalue weighted by Gasteiger charge is 2.15. The average molecular weight is 238 g/mol. The predicted octanol–water partition coefficient (Wildman–Crippen LogP) is 3.57. The van der Waals surface area contributed by atoms with Gasteiger partial charge >= 0.3 is 0 Å². The first-order valence-electron chi connectivity index (χ1n) is 4.63. The van der Waals surface area contributed by atoms with Gasteiger partial charge in [0.25, 0.3) is 0 Å². The molecule has 4 heteroatoms. The van der Waals surface area contributed by atoms with Crippen LogP contribution in [0.4, 0.5) is 8.78 Å². The first kappa shape index (κ1) is 11.0. The molecule has 0 radical (unpaired) electrons. The number of carbonyl (C=O) groups is 1. The van der Waals surface area contributed by atoms with E-state index in [0.717, 1.165) is 23.1 Å². The van der Waals surface area contributed by atoms with Gasteiger partial charge in [0.05, 0.1) is 5.56 Å². The zero-order chi connectivity index (χ0) is 11.7. The predicted molar refractivity (Wildman–Crippen MR) is 58.8 cm³/mol. The molecule has 0 atom stereocenters. The largest absolute Gasteiger partial charge is 0.288 e. The molecule has 0 N–H and O–H groups in total. The second kappa shape index (κ2) is 4.14. The van der Waals surface area contributed by atoms with Crippen LogP contribution in [0.15, 0.2) is 29.6 Å². The molecule has 0 aliphatic carbocycles. The Labute approximate surface area is 95.4 Å². The number of rotatable bonds is 2. The Kier molecular flexibility index (Phi) is 2.83. The van der Waals surface area contributed by atoms with Gasteiger partial charge in [-0.25, -0.2) is 8.78 Å². The van der Waals surface area contributed by atoms with Gasteiger partial charge in [-0.1, -0.05) is 0 Å². The van der Waals surface area contributed by atoms with Crippen LogP contribution >= 0.6 is 11.3 Å². The van der Waals surface area contributed by atoms with Crippen LogP contribution in [0.3, 0.4) is 0 Å². The highest BCUT2D eigenvalue weighted by atomic mass is 32.1. The van der Waals surface area contributed by atoms with E-state index in [1.54, 1.807) is 11.4 Å². The van der Waals surface area contributed by atoms with Gasteiger partial charge < -0.3 is 0 Å². The number of hydrogen-bond acceptors (Lipinski definition) is 2. The molecule has 16 heavy (non-hydrogen) atoms. The molecule has 0 bridgehead atoms. The van der Waals surface area contributed by atoms with Crippen molar-refractivity contribution in [1.82, 2.24) is 0 Å². The lowest BCUT2D eigenvalue weighted by molar-refractivity contribution is 0.103. The summed E-state index contributed by atoms with van der Waals surface area (Å²) < 4.78 is 26.2. The van der Waals surface area contributed by atoms with Crippen molar-refractivity contribution >= 4 is 17.1 Å². The standard InChI is InChI=1S/C12H8F2OS/c1-7-4-8(6-16-7)12(15)10-5-9(13)2-3-11(10)14/h2-6H,1H3. The van der Waals surface area contributed by atoms with E-state index in [9.17, 15) is 13.6 Å². The first-order valence-corrected chi connectivity index (χ1v) is 5.51. The maximum atomic E-state index is 13.3. The number of hydrogen-bond donors (Lipinski definition) is 0. The lowest BCUT2D eigenvalue weighted by Gasteiger charge is -2.00. The molecule has 0 aliphatic heterocycles. The fourth-order valence-corrected chi connectivity index (χ4v) is 2.07. The number of thiophene rings is 1. The highest BCUT2D eigenvalue weighted by molar-refractivity contribution is 7.10. The number of halogens is 2. The zero-order valence-corrected chi connectivity index (χ0v) is 9.28. The number of ketones is 1. The Hall–Kier alpha value is -1.55. The molecule has 0 amide bonds. The zero-order valence-electron chi connectivity index (χ0n) is 8.46. The van der Waals surface area contributed by atoms with E-state index in [0.29, 0.717) is 5.56 Å². The van der Waals surface area contributed by atoms with Crippen LogP contribution in [0, 0.1) is 18.6 Å². The highest BCUT2D eigenvalue weighted by Crippen LogP contribution is 2.19. The molecule has 0 saturated heterocycles. The second-order valence-electron chi connectivity index (χ2n) is 3.40. The van der Waals surface area contributed by atoms with Crippen LogP contribution in [0.5, 0.6) is 0 Å². The molecular weight excluding hydrogens is 230 g/mol. The summed E-state index contributed by atoms with van der Waals surface area (Å²) in [5, 5.41) is 1.64. The van der Waals surface area contributed by atoms with Crippen LogP contribution in [-0.4, -0.2) is 5.78 Å². The third kappa shape index (κ3) is 2.02. The Morgan fingerprint density at radius 2 is 2.00 bits per heavy atom. The molecule has 0 saturated carbocycles. The van der Waals surface area contributed by atoms with E-state index in [4.69, 9.17) is 0 Å². The Morgan fingerprint density at radius 3 is 2.62 bits per heavy atom. The molecule has 1 heterocycles. The Bertz CT molecular complexity index is 546. The normalized spacial score (nSPS) is 10.4. The van der Waals surface area contributed by atoms with Crippen LogP contribution in [0.25, 0.3) is 0 Å². The summed E-state index contributed by atoms with van der Waals surface area (Å²) in [5.41, 5.74) is 0.171. The van der Waals surface area contributed by atoms with E-state index < -0.39 is 17.4 Å². The molecule has 0 fully saturated rings. The molecule has 1 nitrogen and oxygen atoms in total. The van der Waals surface area contributed by atoms with Gasteiger partial charge in [-0.15, -0.1) is 11.3 Å². The van der Waals surface area contributed by atoms with Crippen LogP contribution in [0.1, 0.15) is 20.8 Å². The Morgan fingerprint density at radius 1 is 1.25 bits per heavy atom. The molecule has 1 aromatic heterocycles. The summed E-state index contributed by atoms with van der Waals surface area (Å²) in [6, 6.07) is 4.54. The minimum absolute atomic E-state index is 0.224. The van der Waals surface area contributed by atoms with Crippen molar-refractivity contribution in [2.24, 2.45) is 0 Å². The Balaban J connectivity index is 2.45. The molecule has 2 aromatic rings. The number of benzene rings is 1. The third-order valence-electron chi connectivity index (χ3n) is 2.17. The quantitative estimate of drug-likeness (QED) is 0.731. The van der Waals surface area contributed by atoms with E-state index in [1.165, 1.54) is 11.3 Å². The SMILES string of the molecule is Cc1cc(C(=O)c2cc(F)ccc2F)cs1. The number of aryl methyl sites for hydroxylation is 1. The van der Waals surface area contributed by atoms with Gasteiger partial charge in [-0.2, -0.15) is 0 Å². The van der Waals surface area contributed by atoms with Gasteiger partial charge in [0.2, 0.25) is 0 Å². The molecule has 0 unspecified atom stereocenters. The van der Waals surface area contributed by atoms with Crippen molar-refractivity contribution in [3.63, 3.8) is 0 Å². The van der Waals surface area contributed by atoms with E-state index in [-0.39, 0.29) is 5.56 Å².